The van der Waals surface area contributed by atoms with Crippen LogP contribution in [0.2, 0.25) is 0 Å². The van der Waals surface area contributed by atoms with E-state index in [1.165, 1.54) is 59.4 Å². The lowest BCUT2D eigenvalue weighted by Crippen LogP contribution is -2.17. The van der Waals surface area contributed by atoms with E-state index in [-0.39, 0.29) is 28.3 Å². The van der Waals surface area contributed by atoms with E-state index in [0.29, 0.717) is 0 Å². The Morgan fingerprint density at radius 2 is 1.90 bits per heavy atom. The van der Waals surface area contributed by atoms with E-state index in [4.69, 9.17) is 0 Å². The van der Waals surface area contributed by atoms with Gasteiger partial charge in [0.15, 0.2) is 5.65 Å². The van der Waals surface area contributed by atoms with Gasteiger partial charge in [0.25, 0.3) is 5.91 Å². The van der Waals surface area contributed by atoms with Gasteiger partial charge >= 0.3 is 6.36 Å². The van der Waals surface area contributed by atoms with Crippen LogP contribution in [-0.2, 0) is 0 Å². The smallest absolute Gasteiger partial charge is 0.405 e. The van der Waals surface area contributed by atoms with Gasteiger partial charge in [-0.3, -0.25) is 9.59 Å². The second-order valence-corrected chi connectivity index (χ2v) is 6.07. The van der Waals surface area contributed by atoms with Crippen LogP contribution < -0.4 is 15.6 Å². The molecule has 0 saturated carbocycles. The van der Waals surface area contributed by atoms with Crippen LogP contribution in [0.25, 0.3) is 16.9 Å². The molecule has 0 radical (unpaired) electrons. The highest BCUT2D eigenvalue weighted by Gasteiger charge is 2.32. The van der Waals surface area contributed by atoms with Gasteiger partial charge in [-0.15, -0.1) is 13.2 Å². The average Bonchev–Trinajstić information content (AvgIpc) is 3.10. The molecule has 0 fully saturated rings. The number of aromatic amines is 1. The Balaban J connectivity index is 1.72. The number of carbonyl (C=O) groups excluding carboxylic acids is 1. The maximum atomic E-state index is 12.7. The molecular formula is C19H12F3N5O3. The van der Waals surface area contributed by atoms with Crippen molar-refractivity contribution in [1.29, 1.82) is 0 Å². The Hall–Kier alpha value is -4.15. The normalized spacial score (nSPS) is 11.4. The molecule has 4 rings (SSSR count). The lowest BCUT2D eigenvalue weighted by atomic mass is 10.1. The molecule has 0 aliphatic carbocycles. The minimum Gasteiger partial charge on any atom is -0.405 e. The number of para-hydroxylation sites is 1. The molecule has 4 aromatic rings. The van der Waals surface area contributed by atoms with Crippen molar-refractivity contribution in [2.75, 3.05) is 5.32 Å². The Bertz CT molecular complexity index is 1300. The Labute approximate surface area is 166 Å². The van der Waals surface area contributed by atoms with Crippen LogP contribution in [0, 0.1) is 0 Å². The molecule has 0 atom stereocenters. The van der Waals surface area contributed by atoms with Gasteiger partial charge in [-0.2, -0.15) is 5.10 Å². The molecule has 3 aromatic heterocycles. The summed E-state index contributed by atoms with van der Waals surface area (Å²) in [5, 5.41) is 6.54. The predicted molar refractivity (Wildman–Crippen MR) is 100 cm³/mol. The van der Waals surface area contributed by atoms with Crippen LogP contribution >= 0.6 is 0 Å². The average molecular weight is 415 g/mol. The van der Waals surface area contributed by atoms with Crippen LogP contribution in [0.15, 0.2) is 65.7 Å². The third-order valence-corrected chi connectivity index (χ3v) is 4.02. The van der Waals surface area contributed by atoms with E-state index in [1.807, 2.05) is 0 Å². The number of nitrogens with zero attached hydrogens (tertiary/aromatic N) is 3. The molecule has 0 saturated heterocycles. The summed E-state index contributed by atoms with van der Waals surface area (Å²) in [6.45, 7) is 0. The number of pyridine rings is 1. The first-order chi connectivity index (χ1) is 14.3. The molecule has 0 aliphatic heterocycles. The van der Waals surface area contributed by atoms with Gasteiger partial charge in [-0.05, 0) is 24.3 Å². The third-order valence-electron chi connectivity index (χ3n) is 4.02. The van der Waals surface area contributed by atoms with E-state index in [2.05, 4.69) is 25.1 Å². The molecule has 0 spiro atoms. The maximum Gasteiger partial charge on any atom is 0.573 e. The summed E-state index contributed by atoms with van der Waals surface area (Å²) in [7, 11) is 0. The van der Waals surface area contributed by atoms with E-state index < -0.39 is 23.6 Å². The minimum atomic E-state index is -4.87. The molecule has 30 heavy (non-hydrogen) atoms. The highest BCUT2D eigenvalue weighted by Crippen LogP contribution is 2.33. The monoisotopic (exact) mass is 415 g/mol. The molecule has 1 amide bonds. The molecule has 0 unspecified atom stereocenters. The van der Waals surface area contributed by atoms with Gasteiger partial charge in [0.2, 0.25) is 5.56 Å². The van der Waals surface area contributed by atoms with Crippen molar-refractivity contribution in [1.82, 2.24) is 19.6 Å². The highest BCUT2D eigenvalue weighted by molar-refractivity contribution is 6.07. The Morgan fingerprint density at radius 1 is 1.10 bits per heavy atom. The second kappa shape index (κ2) is 7.35. The Morgan fingerprint density at radius 3 is 2.67 bits per heavy atom. The van der Waals surface area contributed by atoms with Crippen molar-refractivity contribution in [3.05, 3.63) is 76.8 Å². The van der Waals surface area contributed by atoms with E-state index in [1.54, 1.807) is 6.07 Å². The van der Waals surface area contributed by atoms with Gasteiger partial charge in [0.1, 0.15) is 17.1 Å². The fourth-order valence-electron chi connectivity index (χ4n) is 2.78. The predicted octanol–water partition coefficient (Wildman–Crippen LogP) is 3.24. The number of fused-ring (bicyclic) bond motifs is 1. The highest BCUT2D eigenvalue weighted by atomic mass is 19.4. The van der Waals surface area contributed by atoms with Crippen LogP contribution in [0.5, 0.6) is 5.75 Å². The summed E-state index contributed by atoms with van der Waals surface area (Å²) in [5.41, 5.74) is 0.0394. The topological polar surface area (TPSA) is 101 Å². The van der Waals surface area contributed by atoms with Crippen molar-refractivity contribution in [3.8, 4) is 17.0 Å². The first-order valence-corrected chi connectivity index (χ1v) is 8.50. The SMILES string of the molecule is O=C(Nc1cccc(=O)[nH]1)c1cnn2ccc(-c3ccccc3OC(F)(F)F)nc12. The van der Waals surface area contributed by atoms with Crippen molar-refractivity contribution in [3.63, 3.8) is 0 Å². The lowest BCUT2D eigenvalue weighted by molar-refractivity contribution is -0.274. The van der Waals surface area contributed by atoms with E-state index >= 15 is 0 Å². The number of hydrogen-bond acceptors (Lipinski definition) is 5. The van der Waals surface area contributed by atoms with Gasteiger partial charge in [0.05, 0.1) is 11.9 Å². The molecule has 11 heteroatoms. The third kappa shape index (κ3) is 3.99. The fourth-order valence-corrected chi connectivity index (χ4v) is 2.78. The molecule has 1 aromatic carbocycles. The molecule has 0 aliphatic rings. The zero-order valence-corrected chi connectivity index (χ0v) is 15.0. The summed E-state index contributed by atoms with van der Waals surface area (Å²) in [5.74, 6) is -0.850. The summed E-state index contributed by atoms with van der Waals surface area (Å²) >= 11 is 0. The number of ether oxygens (including phenoxy) is 1. The van der Waals surface area contributed by atoms with Crippen molar-refractivity contribution in [2.24, 2.45) is 0 Å². The largest absolute Gasteiger partial charge is 0.573 e. The number of carbonyl (C=O) groups is 1. The molecule has 2 N–H and O–H groups in total. The maximum absolute atomic E-state index is 12.7. The van der Waals surface area contributed by atoms with Crippen molar-refractivity contribution in [2.45, 2.75) is 6.36 Å². The van der Waals surface area contributed by atoms with Gasteiger partial charge in [0, 0.05) is 17.8 Å². The fraction of sp³-hybridized carbons (Fsp3) is 0.0526. The molecule has 152 valence electrons. The van der Waals surface area contributed by atoms with E-state index in [9.17, 15) is 22.8 Å². The second-order valence-electron chi connectivity index (χ2n) is 6.07. The number of amides is 1. The standard InChI is InChI=1S/C19H12F3N5O3/c20-19(21,22)30-14-5-2-1-4-11(14)13-8-9-27-17(24-13)12(10-23-27)18(29)26-15-6-3-7-16(28)25-15/h1-10H,(H2,25,26,28,29). The molecule has 3 heterocycles. The summed E-state index contributed by atoms with van der Waals surface area (Å²) in [6.07, 6.45) is -2.14. The summed E-state index contributed by atoms with van der Waals surface area (Å²) < 4.78 is 43.5. The lowest BCUT2D eigenvalue weighted by Gasteiger charge is -2.13. The van der Waals surface area contributed by atoms with Crippen molar-refractivity contribution >= 4 is 17.4 Å². The zero-order chi connectivity index (χ0) is 21.3. The van der Waals surface area contributed by atoms with Gasteiger partial charge in [-0.1, -0.05) is 18.2 Å². The van der Waals surface area contributed by atoms with Crippen LogP contribution in [0.3, 0.4) is 0 Å². The number of halogens is 3. The molecule has 8 nitrogen and oxygen atoms in total. The van der Waals surface area contributed by atoms with Crippen LogP contribution in [-0.4, -0.2) is 31.9 Å². The number of benzene rings is 1. The van der Waals surface area contributed by atoms with Crippen LogP contribution in [0.1, 0.15) is 10.4 Å². The molecular weight excluding hydrogens is 403 g/mol. The minimum absolute atomic E-state index is 0.0655. The van der Waals surface area contributed by atoms with Crippen LogP contribution in [0.4, 0.5) is 19.0 Å². The van der Waals surface area contributed by atoms with Gasteiger partial charge < -0.3 is 15.0 Å². The zero-order valence-electron chi connectivity index (χ0n) is 15.0. The number of nitrogens with one attached hydrogen (secondary N) is 2. The number of anilines is 1. The number of alkyl halides is 3. The van der Waals surface area contributed by atoms with Gasteiger partial charge in [-0.25, -0.2) is 9.50 Å². The number of rotatable bonds is 4. The summed E-state index contributed by atoms with van der Waals surface area (Å²) in [4.78, 5) is 30.7. The number of aromatic nitrogens is 4. The first-order valence-electron chi connectivity index (χ1n) is 8.50. The summed E-state index contributed by atoms with van der Waals surface area (Å²) in [6, 6.07) is 11.2. The Kier molecular flexibility index (Phi) is 4.70. The number of H-pyrrole nitrogens is 1. The quantitative estimate of drug-likeness (QED) is 0.533. The van der Waals surface area contributed by atoms with Crippen molar-refractivity contribution < 1.29 is 22.7 Å². The molecule has 0 bridgehead atoms. The van der Waals surface area contributed by atoms with E-state index in [0.717, 1.165) is 0 Å². The number of hydrogen-bond donors (Lipinski definition) is 2. The first kappa shape index (κ1) is 19.2.